The summed E-state index contributed by atoms with van der Waals surface area (Å²) >= 11 is 0. The van der Waals surface area contributed by atoms with Crippen molar-refractivity contribution in [3.8, 4) is 0 Å². The van der Waals surface area contributed by atoms with Crippen molar-refractivity contribution in [2.24, 2.45) is 0 Å². The summed E-state index contributed by atoms with van der Waals surface area (Å²) in [5.41, 5.74) is 6.29. The minimum atomic E-state index is -0.917. The lowest BCUT2D eigenvalue weighted by atomic mass is 10.1. The fourth-order valence-electron chi connectivity index (χ4n) is 3.79. The molecule has 0 saturated heterocycles. The van der Waals surface area contributed by atoms with Crippen LogP contribution >= 0.6 is 0 Å². The largest absolute Gasteiger partial charge is 0.478 e. The number of aromatic carboxylic acids is 1. The highest BCUT2D eigenvalue weighted by atomic mass is 19.1. The Morgan fingerprint density at radius 3 is 2.38 bits per heavy atom. The normalized spacial score (nSPS) is 11.0. The zero-order chi connectivity index (χ0) is 21.0. The van der Waals surface area contributed by atoms with Crippen LogP contribution < -0.4 is 5.32 Å². The highest BCUT2D eigenvalue weighted by Gasteiger charge is 2.22. The van der Waals surface area contributed by atoms with E-state index in [2.05, 4.69) is 24.4 Å². The molecule has 3 aromatic rings. The molecule has 152 valence electrons. The van der Waals surface area contributed by atoms with Gasteiger partial charge in [0.1, 0.15) is 5.82 Å². The lowest BCUT2D eigenvalue weighted by molar-refractivity contribution is 0.0694. The first kappa shape index (κ1) is 20.8. The Hall–Kier alpha value is -2.92. The van der Waals surface area contributed by atoms with E-state index in [1.807, 2.05) is 30.5 Å². The number of halogens is 1. The Balaban J connectivity index is 1.76. The number of hydrogen-bond acceptors (Lipinski definition) is 2. The molecule has 1 heterocycles. The predicted molar refractivity (Wildman–Crippen MR) is 113 cm³/mol. The predicted octanol–water partition coefficient (Wildman–Crippen LogP) is 4.63. The number of carboxylic acids is 1. The summed E-state index contributed by atoms with van der Waals surface area (Å²) in [5, 5.41) is 13.2. The number of carboxylic acid groups (broad SMARTS) is 1. The summed E-state index contributed by atoms with van der Waals surface area (Å²) in [6.45, 7) is 7.66. The van der Waals surface area contributed by atoms with Gasteiger partial charge >= 0.3 is 5.97 Å². The number of benzene rings is 2. The molecule has 29 heavy (non-hydrogen) atoms. The maximum absolute atomic E-state index is 13.2. The van der Waals surface area contributed by atoms with E-state index in [0.717, 1.165) is 35.5 Å². The summed E-state index contributed by atoms with van der Waals surface area (Å²) in [6, 6.07) is 14.6. The first-order valence-corrected chi connectivity index (χ1v) is 9.80. The third-order valence-corrected chi connectivity index (χ3v) is 5.51. The van der Waals surface area contributed by atoms with E-state index in [9.17, 15) is 14.3 Å². The molecule has 0 saturated carbocycles. The second kappa shape index (κ2) is 9.05. The Bertz CT molecular complexity index is 1010. The van der Waals surface area contributed by atoms with Crippen molar-refractivity contribution in [2.45, 2.75) is 40.3 Å². The van der Waals surface area contributed by atoms with Crippen LogP contribution in [-0.2, 0) is 19.5 Å². The molecule has 3 rings (SSSR count). The number of aryl methyl sites for hydroxylation is 1. The molecule has 0 amide bonds. The molecule has 5 heteroatoms. The first-order valence-electron chi connectivity index (χ1n) is 9.80. The van der Waals surface area contributed by atoms with Crippen LogP contribution in [-0.4, -0.2) is 22.2 Å². The number of carbonyl (C=O) groups is 1. The van der Waals surface area contributed by atoms with E-state index in [1.165, 1.54) is 23.3 Å². The van der Waals surface area contributed by atoms with Gasteiger partial charge < -0.3 is 15.0 Å². The standard InChI is InChI=1S/C24H27FN2O2/c1-16-6-4-5-7-20(16)12-13-26-14-22-17(2)27(18(3)23(22)24(28)29)15-19-8-10-21(25)11-9-19/h4-11,26H,12-15H2,1-3H3,(H,28,29). The maximum Gasteiger partial charge on any atom is 0.337 e. The van der Waals surface area contributed by atoms with Crippen LogP contribution in [0.5, 0.6) is 0 Å². The molecule has 0 aliphatic carbocycles. The molecule has 0 aliphatic heterocycles. The Morgan fingerprint density at radius 1 is 1.03 bits per heavy atom. The first-order chi connectivity index (χ1) is 13.9. The van der Waals surface area contributed by atoms with E-state index in [1.54, 1.807) is 12.1 Å². The van der Waals surface area contributed by atoms with Crippen LogP contribution in [0.3, 0.4) is 0 Å². The topological polar surface area (TPSA) is 54.3 Å². The number of rotatable bonds is 8. The Morgan fingerprint density at radius 2 is 1.72 bits per heavy atom. The van der Waals surface area contributed by atoms with Gasteiger partial charge in [0.15, 0.2) is 0 Å². The van der Waals surface area contributed by atoms with Crippen LogP contribution in [0.25, 0.3) is 0 Å². The molecule has 0 radical (unpaired) electrons. The summed E-state index contributed by atoms with van der Waals surface area (Å²) in [4.78, 5) is 11.9. The summed E-state index contributed by atoms with van der Waals surface area (Å²) in [5.74, 6) is -1.20. The van der Waals surface area contributed by atoms with E-state index in [0.29, 0.717) is 18.7 Å². The van der Waals surface area contributed by atoms with E-state index < -0.39 is 5.97 Å². The fraction of sp³-hybridized carbons (Fsp3) is 0.292. The molecule has 0 atom stereocenters. The third kappa shape index (κ3) is 4.74. The van der Waals surface area contributed by atoms with Crippen LogP contribution in [0.2, 0.25) is 0 Å². The van der Waals surface area contributed by atoms with E-state index in [-0.39, 0.29) is 5.82 Å². The van der Waals surface area contributed by atoms with Crippen molar-refractivity contribution >= 4 is 5.97 Å². The lowest BCUT2D eigenvalue weighted by Gasteiger charge is -2.11. The van der Waals surface area contributed by atoms with Crippen LogP contribution in [0.4, 0.5) is 4.39 Å². The summed E-state index contributed by atoms with van der Waals surface area (Å²) in [7, 11) is 0. The van der Waals surface area contributed by atoms with Gasteiger partial charge in [-0.25, -0.2) is 9.18 Å². The number of nitrogens with one attached hydrogen (secondary N) is 1. The van der Waals surface area contributed by atoms with Gasteiger partial charge in [-0.1, -0.05) is 36.4 Å². The second-order valence-electron chi connectivity index (χ2n) is 7.40. The van der Waals surface area contributed by atoms with Crippen molar-refractivity contribution in [2.75, 3.05) is 6.54 Å². The zero-order valence-electron chi connectivity index (χ0n) is 17.1. The van der Waals surface area contributed by atoms with Gasteiger partial charge in [0.05, 0.1) is 5.56 Å². The smallest absolute Gasteiger partial charge is 0.337 e. The zero-order valence-corrected chi connectivity index (χ0v) is 17.1. The minimum Gasteiger partial charge on any atom is -0.478 e. The molecular weight excluding hydrogens is 367 g/mol. The maximum atomic E-state index is 13.2. The molecule has 4 nitrogen and oxygen atoms in total. The van der Waals surface area contributed by atoms with Gasteiger partial charge in [-0.2, -0.15) is 0 Å². The van der Waals surface area contributed by atoms with Gasteiger partial charge in [-0.3, -0.25) is 0 Å². The monoisotopic (exact) mass is 394 g/mol. The van der Waals surface area contributed by atoms with Crippen LogP contribution in [0.1, 0.15) is 44.0 Å². The Kier molecular flexibility index (Phi) is 6.49. The van der Waals surface area contributed by atoms with Crippen molar-refractivity contribution in [1.29, 1.82) is 0 Å². The number of nitrogens with zero attached hydrogens (tertiary/aromatic N) is 1. The highest BCUT2D eigenvalue weighted by Crippen LogP contribution is 2.24. The quantitative estimate of drug-likeness (QED) is 0.548. The number of aromatic nitrogens is 1. The van der Waals surface area contributed by atoms with Gasteiger partial charge in [0, 0.05) is 30.0 Å². The van der Waals surface area contributed by atoms with Crippen molar-refractivity contribution < 1.29 is 14.3 Å². The molecule has 2 N–H and O–H groups in total. The van der Waals surface area contributed by atoms with Gasteiger partial charge in [-0.05, 0) is 62.6 Å². The average molecular weight is 394 g/mol. The molecule has 0 spiro atoms. The molecular formula is C24H27FN2O2. The average Bonchev–Trinajstić information content (AvgIpc) is 2.92. The van der Waals surface area contributed by atoms with Crippen LogP contribution in [0.15, 0.2) is 48.5 Å². The van der Waals surface area contributed by atoms with E-state index >= 15 is 0 Å². The molecule has 0 fully saturated rings. The van der Waals surface area contributed by atoms with Crippen molar-refractivity contribution in [3.63, 3.8) is 0 Å². The van der Waals surface area contributed by atoms with Gasteiger partial charge in [-0.15, -0.1) is 0 Å². The molecule has 0 bridgehead atoms. The molecule has 0 unspecified atom stereocenters. The van der Waals surface area contributed by atoms with E-state index in [4.69, 9.17) is 0 Å². The summed E-state index contributed by atoms with van der Waals surface area (Å²) < 4.78 is 15.2. The second-order valence-corrected chi connectivity index (χ2v) is 7.40. The molecule has 1 aromatic heterocycles. The third-order valence-electron chi connectivity index (χ3n) is 5.51. The summed E-state index contributed by atoms with van der Waals surface area (Å²) in [6.07, 6.45) is 0.892. The lowest BCUT2D eigenvalue weighted by Crippen LogP contribution is -2.19. The van der Waals surface area contributed by atoms with Crippen molar-refractivity contribution in [3.05, 3.63) is 93.6 Å². The Labute approximate surface area is 171 Å². The fourth-order valence-corrected chi connectivity index (χ4v) is 3.79. The minimum absolute atomic E-state index is 0.278. The molecule has 2 aromatic carbocycles. The van der Waals surface area contributed by atoms with Gasteiger partial charge in [0.25, 0.3) is 0 Å². The number of hydrogen-bond donors (Lipinski definition) is 2. The van der Waals surface area contributed by atoms with Crippen molar-refractivity contribution in [1.82, 2.24) is 9.88 Å². The SMILES string of the molecule is Cc1ccccc1CCNCc1c(C(=O)O)c(C)n(Cc2ccc(F)cc2)c1C. The van der Waals surface area contributed by atoms with Crippen LogP contribution in [0, 0.1) is 26.6 Å². The molecule has 0 aliphatic rings. The highest BCUT2D eigenvalue weighted by molar-refractivity contribution is 5.91. The van der Waals surface area contributed by atoms with Gasteiger partial charge in [0.2, 0.25) is 0 Å².